The highest BCUT2D eigenvalue weighted by Crippen LogP contribution is 2.32. The second kappa shape index (κ2) is 5.38. The lowest BCUT2D eigenvalue weighted by Crippen LogP contribution is -2.26. The van der Waals surface area contributed by atoms with Crippen LogP contribution in [0.2, 0.25) is 10.4 Å². The van der Waals surface area contributed by atoms with Gasteiger partial charge in [-0.1, -0.05) is 11.6 Å². The Morgan fingerprint density at radius 1 is 1.50 bits per heavy atom. The smallest absolute Gasteiger partial charge is 0.229 e. The molecule has 1 aliphatic rings. The Bertz CT molecular complexity index is 449. The van der Waals surface area contributed by atoms with Crippen LogP contribution in [0.15, 0.2) is 6.07 Å². The van der Waals surface area contributed by atoms with Crippen molar-refractivity contribution in [1.82, 2.24) is 15.3 Å². The van der Waals surface area contributed by atoms with Crippen molar-refractivity contribution in [3.8, 4) is 0 Å². The molecule has 18 heavy (non-hydrogen) atoms. The number of nitrogens with one attached hydrogen (secondary N) is 1. The molecule has 3 atom stereocenters. The summed E-state index contributed by atoms with van der Waals surface area (Å²) in [6.07, 6.45) is -0.0681. The van der Waals surface area contributed by atoms with Gasteiger partial charge in [-0.25, -0.2) is 9.97 Å². The molecule has 0 radical (unpaired) electrons. The van der Waals surface area contributed by atoms with E-state index in [1.807, 2.05) is 6.92 Å². The highest BCUT2D eigenvalue weighted by molar-refractivity contribution is 6.31. The number of hydrogen-bond donors (Lipinski definition) is 1. The Morgan fingerprint density at radius 2 is 2.22 bits per heavy atom. The van der Waals surface area contributed by atoms with Crippen molar-refractivity contribution in [2.24, 2.45) is 5.92 Å². The first-order valence-electron chi connectivity index (χ1n) is 5.53. The fourth-order valence-electron chi connectivity index (χ4n) is 2.17. The van der Waals surface area contributed by atoms with Gasteiger partial charge in [0, 0.05) is 19.6 Å². The largest absolute Gasteiger partial charge is 0.381 e. The van der Waals surface area contributed by atoms with E-state index in [2.05, 4.69) is 15.3 Å². The molecule has 1 N–H and O–H groups in total. The van der Waals surface area contributed by atoms with E-state index < -0.39 is 5.92 Å². The molecule has 1 aromatic rings. The summed E-state index contributed by atoms with van der Waals surface area (Å²) >= 11 is 11.6. The minimum absolute atomic E-state index is 0.00420. The molecule has 0 aliphatic carbocycles. The predicted octanol–water partition coefficient (Wildman–Crippen LogP) is 1.65. The zero-order valence-corrected chi connectivity index (χ0v) is 11.5. The molecule has 0 aromatic carbocycles. The molecule has 0 bridgehead atoms. The minimum atomic E-state index is -0.405. The second-order valence-electron chi connectivity index (χ2n) is 4.21. The SMILES string of the molecule is CO[C@H](C)C1CNC(=O)[C@H]1c1cc(Cl)nc(Cl)n1. The lowest BCUT2D eigenvalue weighted by Gasteiger charge is -2.21. The Balaban J connectivity index is 2.36. The monoisotopic (exact) mass is 289 g/mol. The van der Waals surface area contributed by atoms with E-state index >= 15 is 0 Å². The molecule has 1 aromatic heterocycles. The maximum atomic E-state index is 11.9. The van der Waals surface area contributed by atoms with E-state index in [0.29, 0.717) is 12.2 Å². The van der Waals surface area contributed by atoms with Crippen LogP contribution in [-0.2, 0) is 9.53 Å². The van der Waals surface area contributed by atoms with Gasteiger partial charge in [-0.05, 0) is 24.6 Å². The Hall–Kier alpha value is -0.910. The molecule has 7 heteroatoms. The number of aromatic nitrogens is 2. The standard InChI is InChI=1S/C11H13Cl2N3O2/c1-5(18-2)6-4-14-10(17)9(6)7-3-8(12)16-11(13)15-7/h3,5-6,9H,4H2,1-2H3,(H,14,17)/t5-,6?,9-/m1/s1. The second-order valence-corrected chi connectivity index (χ2v) is 4.94. The number of ether oxygens (including phenoxy) is 1. The highest BCUT2D eigenvalue weighted by atomic mass is 35.5. The van der Waals surface area contributed by atoms with Crippen LogP contribution in [0.4, 0.5) is 0 Å². The molecule has 0 spiro atoms. The molecular weight excluding hydrogens is 277 g/mol. The summed E-state index contributed by atoms with van der Waals surface area (Å²) in [7, 11) is 1.62. The zero-order chi connectivity index (χ0) is 13.3. The summed E-state index contributed by atoms with van der Waals surface area (Å²) in [5.41, 5.74) is 0.531. The topological polar surface area (TPSA) is 64.1 Å². The first kappa shape index (κ1) is 13.5. The van der Waals surface area contributed by atoms with E-state index in [1.165, 1.54) is 0 Å². The number of rotatable bonds is 3. The van der Waals surface area contributed by atoms with Gasteiger partial charge in [0.1, 0.15) is 5.15 Å². The third kappa shape index (κ3) is 2.58. The Kier molecular flexibility index (Phi) is 4.04. The van der Waals surface area contributed by atoms with Crippen molar-refractivity contribution in [2.75, 3.05) is 13.7 Å². The van der Waals surface area contributed by atoms with Crippen LogP contribution in [0.25, 0.3) is 0 Å². The first-order chi connectivity index (χ1) is 8.52. The van der Waals surface area contributed by atoms with Crippen LogP contribution in [0.1, 0.15) is 18.5 Å². The number of carbonyl (C=O) groups is 1. The minimum Gasteiger partial charge on any atom is -0.381 e. The molecule has 1 unspecified atom stereocenters. The number of methoxy groups -OCH3 is 1. The fourth-order valence-corrected chi connectivity index (χ4v) is 2.60. The van der Waals surface area contributed by atoms with Gasteiger partial charge in [0.05, 0.1) is 17.7 Å². The molecule has 98 valence electrons. The van der Waals surface area contributed by atoms with Crippen LogP contribution >= 0.6 is 23.2 Å². The van der Waals surface area contributed by atoms with E-state index in [9.17, 15) is 4.79 Å². The molecule has 1 saturated heterocycles. The summed E-state index contributed by atoms with van der Waals surface area (Å²) in [6.45, 7) is 2.47. The van der Waals surface area contributed by atoms with E-state index in [-0.39, 0.29) is 28.4 Å². The molecule has 1 fully saturated rings. The van der Waals surface area contributed by atoms with Crippen LogP contribution in [0.3, 0.4) is 0 Å². The third-order valence-corrected chi connectivity index (χ3v) is 3.57. The average Bonchev–Trinajstić information content (AvgIpc) is 2.69. The van der Waals surface area contributed by atoms with Gasteiger partial charge in [0.25, 0.3) is 0 Å². The number of hydrogen-bond acceptors (Lipinski definition) is 4. The molecule has 0 saturated carbocycles. The number of carbonyl (C=O) groups excluding carboxylic acids is 1. The number of halogens is 2. The predicted molar refractivity (Wildman–Crippen MR) is 67.8 cm³/mol. The van der Waals surface area contributed by atoms with Crippen LogP contribution < -0.4 is 5.32 Å². The zero-order valence-electron chi connectivity index (χ0n) is 9.98. The molecule has 2 heterocycles. The van der Waals surface area contributed by atoms with Gasteiger partial charge in [-0.2, -0.15) is 0 Å². The van der Waals surface area contributed by atoms with E-state index in [0.717, 1.165) is 0 Å². The van der Waals surface area contributed by atoms with Crippen LogP contribution in [0, 0.1) is 5.92 Å². The molecule has 2 rings (SSSR count). The van der Waals surface area contributed by atoms with Gasteiger partial charge in [0.2, 0.25) is 11.2 Å². The maximum absolute atomic E-state index is 11.9. The highest BCUT2D eigenvalue weighted by Gasteiger charge is 2.40. The lowest BCUT2D eigenvalue weighted by molar-refractivity contribution is -0.121. The lowest BCUT2D eigenvalue weighted by atomic mass is 9.88. The summed E-state index contributed by atoms with van der Waals surface area (Å²) < 4.78 is 5.29. The van der Waals surface area contributed by atoms with Crippen LogP contribution in [0.5, 0.6) is 0 Å². The summed E-state index contributed by atoms with van der Waals surface area (Å²) in [5, 5.41) is 3.08. The molecule has 1 amide bonds. The van der Waals surface area contributed by atoms with Crippen molar-refractivity contribution >= 4 is 29.1 Å². The van der Waals surface area contributed by atoms with Gasteiger partial charge < -0.3 is 10.1 Å². The Morgan fingerprint density at radius 3 is 2.83 bits per heavy atom. The molecular formula is C11H13Cl2N3O2. The van der Waals surface area contributed by atoms with Gasteiger partial charge in [-0.3, -0.25) is 4.79 Å². The van der Waals surface area contributed by atoms with Crippen LogP contribution in [-0.4, -0.2) is 35.6 Å². The van der Waals surface area contributed by atoms with Gasteiger partial charge in [-0.15, -0.1) is 0 Å². The normalized spacial score (nSPS) is 25.0. The van der Waals surface area contributed by atoms with Crippen molar-refractivity contribution in [2.45, 2.75) is 18.9 Å². The van der Waals surface area contributed by atoms with Crippen molar-refractivity contribution in [3.63, 3.8) is 0 Å². The van der Waals surface area contributed by atoms with E-state index in [4.69, 9.17) is 27.9 Å². The number of amides is 1. The van der Waals surface area contributed by atoms with Crippen molar-refractivity contribution in [3.05, 3.63) is 22.2 Å². The maximum Gasteiger partial charge on any atom is 0.229 e. The quantitative estimate of drug-likeness (QED) is 0.679. The fraction of sp³-hybridized carbons (Fsp3) is 0.545. The van der Waals surface area contributed by atoms with E-state index in [1.54, 1.807) is 13.2 Å². The third-order valence-electron chi connectivity index (χ3n) is 3.20. The Labute approximate surface area is 115 Å². The molecule has 5 nitrogen and oxygen atoms in total. The first-order valence-corrected chi connectivity index (χ1v) is 6.29. The van der Waals surface area contributed by atoms with Crippen molar-refractivity contribution < 1.29 is 9.53 Å². The van der Waals surface area contributed by atoms with Crippen molar-refractivity contribution in [1.29, 1.82) is 0 Å². The van der Waals surface area contributed by atoms with Gasteiger partial charge in [0.15, 0.2) is 0 Å². The summed E-state index contributed by atoms with van der Waals surface area (Å²) in [5.74, 6) is -0.489. The van der Waals surface area contributed by atoms with Gasteiger partial charge >= 0.3 is 0 Å². The summed E-state index contributed by atoms with van der Waals surface area (Å²) in [6, 6.07) is 1.57. The molecule has 1 aliphatic heterocycles. The average molecular weight is 290 g/mol. The number of nitrogens with zero attached hydrogens (tertiary/aromatic N) is 2. The summed E-state index contributed by atoms with van der Waals surface area (Å²) in [4.78, 5) is 19.8.